The fourth-order valence-electron chi connectivity index (χ4n) is 3.95. The minimum atomic E-state index is -3.98. The monoisotopic (exact) mass is 461 g/mol. The van der Waals surface area contributed by atoms with E-state index in [9.17, 15) is 8.42 Å². The number of pyridine rings is 2. The van der Waals surface area contributed by atoms with Crippen molar-refractivity contribution < 1.29 is 8.42 Å². The average Bonchev–Trinajstić information content (AvgIpc) is 3.58. The Balaban J connectivity index is 1.44. The van der Waals surface area contributed by atoms with Gasteiger partial charge in [-0.15, -0.1) is 0 Å². The number of rotatable bonds is 4. The van der Waals surface area contributed by atoms with Gasteiger partial charge in [-0.05, 0) is 18.2 Å². The van der Waals surface area contributed by atoms with Gasteiger partial charge in [-0.25, -0.2) is 10.4 Å². The summed E-state index contributed by atoms with van der Waals surface area (Å²) in [6, 6.07) is 5.49. The summed E-state index contributed by atoms with van der Waals surface area (Å²) in [6.07, 6.45) is 12.0. The van der Waals surface area contributed by atoms with Crippen molar-refractivity contribution in [3.63, 3.8) is 0 Å². The van der Waals surface area contributed by atoms with Gasteiger partial charge in [-0.2, -0.15) is 23.0 Å². The lowest BCUT2D eigenvalue weighted by Crippen LogP contribution is -2.38. The second kappa shape index (κ2) is 6.98. The topological polar surface area (TPSA) is 115 Å². The smallest absolute Gasteiger partial charge is 0.288 e. The lowest BCUT2D eigenvalue weighted by atomic mass is 10.1. The zero-order valence-electron chi connectivity index (χ0n) is 17.8. The molecule has 0 atom stereocenters. The van der Waals surface area contributed by atoms with Crippen LogP contribution in [0.15, 0.2) is 66.6 Å². The van der Waals surface area contributed by atoms with Crippen molar-refractivity contribution in [2.45, 2.75) is 11.6 Å². The van der Waals surface area contributed by atoms with Gasteiger partial charge in [0.1, 0.15) is 5.65 Å². The maximum absolute atomic E-state index is 13.7. The summed E-state index contributed by atoms with van der Waals surface area (Å²) < 4.78 is 33.6. The highest BCUT2D eigenvalue weighted by molar-refractivity contribution is 7.92. The van der Waals surface area contributed by atoms with Crippen LogP contribution in [-0.2, 0) is 30.7 Å². The predicted molar refractivity (Wildman–Crippen MR) is 120 cm³/mol. The predicted octanol–water partition coefficient (Wildman–Crippen LogP) is 1.74. The Morgan fingerprint density at radius 2 is 1.58 bits per heavy atom. The van der Waals surface area contributed by atoms with E-state index >= 15 is 0 Å². The molecule has 0 aliphatic carbocycles. The Morgan fingerprint density at radius 1 is 0.848 bits per heavy atom. The van der Waals surface area contributed by atoms with E-state index in [1.165, 1.54) is 10.6 Å². The molecule has 1 N–H and O–H groups in total. The van der Waals surface area contributed by atoms with E-state index in [0.29, 0.717) is 23.6 Å². The van der Waals surface area contributed by atoms with E-state index in [1.54, 1.807) is 50.7 Å². The molecule has 33 heavy (non-hydrogen) atoms. The molecule has 0 aromatic carbocycles. The molecule has 0 amide bonds. The van der Waals surface area contributed by atoms with Gasteiger partial charge < -0.3 is 0 Å². The molecule has 11 nitrogen and oxygen atoms in total. The van der Waals surface area contributed by atoms with E-state index < -0.39 is 10.0 Å². The molecule has 12 heteroatoms. The highest BCUT2D eigenvalue weighted by Gasteiger charge is 2.34. The number of aryl methyl sites for hydroxylation is 2. The fraction of sp³-hybridized carbons (Fsp3) is 0.143. The van der Waals surface area contributed by atoms with E-state index in [1.807, 2.05) is 32.6 Å². The first-order chi connectivity index (χ1) is 15.9. The third-order valence-corrected chi connectivity index (χ3v) is 7.25. The molecular weight excluding hydrogens is 442 g/mol. The maximum atomic E-state index is 13.7. The summed E-state index contributed by atoms with van der Waals surface area (Å²) >= 11 is 0. The van der Waals surface area contributed by atoms with Crippen molar-refractivity contribution in [1.29, 1.82) is 0 Å². The van der Waals surface area contributed by atoms with E-state index in [2.05, 4.69) is 25.6 Å². The van der Waals surface area contributed by atoms with Crippen LogP contribution in [0.3, 0.4) is 0 Å². The molecule has 0 unspecified atom stereocenters. The molecular formula is C21H19N9O2S. The minimum absolute atomic E-state index is 0.0513. The van der Waals surface area contributed by atoms with E-state index in [0.717, 1.165) is 22.3 Å². The quantitative estimate of drug-likeness (QED) is 0.433. The highest BCUT2D eigenvalue weighted by atomic mass is 32.2. The summed E-state index contributed by atoms with van der Waals surface area (Å²) in [6.45, 7) is 0.305. The molecule has 0 saturated carbocycles. The zero-order valence-corrected chi connectivity index (χ0v) is 18.6. The van der Waals surface area contributed by atoms with Gasteiger partial charge >= 0.3 is 0 Å². The van der Waals surface area contributed by atoms with Crippen molar-refractivity contribution >= 4 is 21.4 Å². The van der Waals surface area contributed by atoms with Gasteiger partial charge in [0, 0.05) is 61.1 Å². The number of hydrogen-bond acceptors (Lipinski definition) is 7. The maximum Gasteiger partial charge on any atom is 0.295 e. The second-order valence-electron chi connectivity index (χ2n) is 7.84. The van der Waals surface area contributed by atoms with Gasteiger partial charge in [0.2, 0.25) is 0 Å². The average molecular weight is 462 g/mol. The number of aromatic nitrogens is 7. The Labute approximate surface area is 189 Å². The molecule has 5 aromatic heterocycles. The standard InChI is InChI=1S/C21H19N9O2S/c1-27-11-16(7-24-27)14-3-4-20-23-10-21(29(20)13-14)33(31,32)30-19-5-15(6-22-18(19)9-26-30)17-8-25-28(2)12-17/h3-8,10-13,26H,9H2,1-2H3. The summed E-state index contributed by atoms with van der Waals surface area (Å²) in [5.41, 5.74) is 7.97. The van der Waals surface area contributed by atoms with Crippen molar-refractivity contribution in [2.75, 3.05) is 4.41 Å². The molecule has 0 spiro atoms. The van der Waals surface area contributed by atoms with Gasteiger partial charge in [0.25, 0.3) is 10.0 Å². The van der Waals surface area contributed by atoms with Crippen LogP contribution >= 0.6 is 0 Å². The van der Waals surface area contributed by atoms with Gasteiger partial charge in [-0.3, -0.25) is 18.7 Å². The summed E-state index contributed by atoms with van der Waals surface area (Å²) in [7, 11) is -0.323. The highest BCUT2D eigenvalue weighted by Crippen LogP contribution is 2.33. The molecule has 6 heterocycles. The van der Waals surface area contributed by atoms with Gasteiger partial charge in [0.05, 0.1) is 36.5 Å². The van der Waals surface area contributed by atoms with Crippen LogP contribution in [0.25, 0.3) is 27.9 Å². The number of nitrogens with zero attached hydrogens (tertiary/aromatic N) is 8. The molecule has 5 aromatic rings. The van der Waals surface area contributed by atoms with Crippen LogP contribution in [0.2, 0.25) is 0 Å². The minimum Gasteiger partial charge on any atom is -0.288 e. The lowest BCUT2D eigenvalue weighted by molar-refractivity contribution is 0.577. The van der Waals surface area contributed by atoms with Crippen molar-refractivity contribution in [2.24, 2.45) is 14.1 Å². The van der Waals surface area contributed by atoms with Crippen LogP contribution in [0.4, 0.5) is 5.69 Å². The Morgan fingerprint density at radius 3 is 2.27 bits per heavy atom. The lowest BCUT2D eigenvalue weighted by Gasteiger charge is -2.19. The normalized spacial score (nSPS) is 13.7. The number of nitrogens with one attached hydrogen (secondary N) is 1. The summed E-state index contributed by atoms with van der Waals surface area (Å²) in [4.78, 5) is 8.77. The molecule has 1 aliphatic heterocycles. The first-order valence-corrected chi connectivity index (χ1v) is 11.6. The number of sulfonamides is 1. The SMILES string of the molecule is Cn1cc(-c2cnc3c(c2)N(S(=O)(=O)c2cnc4ccc(-c5cnn(C)c5)cn24)NC3)cn1. The Kier molecular flexibility index (Phi) is 4.16. The summed E-state index contributed by atoms with van der Waals surface area (Å²) in [5.74, 6) is 0. The van der Waals surface area contributed by atoms with Crippen LogP contribution in [-0.4, -0.2) is 42.3 Å². The summed E-state index contributed by atoms with van der Waals surface area (Å²) in [5, 5.41) is 8.44. The number of hydrazine groups is 1. The number of imidazole rings is 1. The van der Waals surface area contributed by atoms with E-state index in [-0.39, 0.29) is 5.03 Å². The zero-order chi connectivity index (χ0) is 22.7. The Hall–Kier alpha value is -4.03. The molecule has 6 rings (SSSR count). The molecule has 0 radical (unpaired) electrons. The first-order valence-electron chi connectivity index (χ1n) is 10.1. The van der Waals surface area contributed by atoms with E-state index in [4.69, 9.17) is 0 Å². The van der Waals surface area contributed by atoms with Crippen molar-refractivity contribution in [3.05, 3.63) is 67.3 Å². The molecule has 0 bridgehead atoms. The van der Waals surface area contributed by atoms with Crippen molar-refractivity contribution in [1.82, 2.24) is 39.4 Å². The molecule has 0 fully saturated rings. The van der Waals surface area contributed by atoms with Crippen LogP contribution in [0, 0.1) is 0 Å². The fourth-order valence-corrected chi connectivity index (χ4v) is 5.37. The third-order valence-electron chi connectivity index (χ3n) is 5.61. The van der Waals surface area contributed by atoms with Crippen molar-refractivity contribution in [3.8, 4) is 22.3 Å². The molecule has 166 valence electrons. The third kappa shape index (κ3) is 3.10. The number of hydrogen-bond donors (Lipinski definition) is 1. The van der Waals surface area contributed by atoms with Crippen LogP contribution < -0.4 is 9.84 Å². The van der Waals surface area contributed by atoms with Gasteiger partial charge in [0.15, 0.2) is 5.03 Å². The molecule has 0 saturated heterocycles. The van der Waals surface area contributed by atoms with Crippen LogP contribution in [0.1, 0.15) is 5.69 Å². The second-order valence-corrected chi connectivity index (χ2v) is 9.58. The Bertz CT molecular complexity index is 1630. The van der Waals surface area contributed by atoms with Gasteiger partial charge in [-0.1, -0.05) is 0 Å². The number of fused-ring (bicyclic) bond motifs is 2. The first kappa shape index (κ1) is 19.6. The van der Waals surface area contributed by atoms with Crippen LogP contribution in [0.5, 0.6) is 0 Å². The molecule has 1 aliphatic rings. The largest absolute Gasteiger partial charge is 0.295 e. The number of anilines is 1.